The van der Waals surface area contributed by atoms with Crippen LogP contribution in [-0.2, 0) is 6.42 Å². The maximum Gasteiger partial charge on any atom is 0.172 e. The van der Waals surface area contributed by atoms with Gasteiger partial charge < -0.3 is 9.47 Å². The Morgan fingerprint density at radius 3 is 2.94 bits per heavy atom. The molecule has 1 heterocycles. The van der Waals surface area contributed by atoms with Gasteiger partial charge in [-0.25, -0.2) is 0 Å². The molecular weight excluding hydrogens is 296 g/mol. The number of halogens is 1. The molecule has 0 fully saturated rings. The first kappa shape index (κ1) is 12.0. The van der Waals surface area contributed by atoms with Crippen LogP contribution in [0.15, 0.2) is 10.5 Å². The summed E-state index contributed by atoms with van der Waals surface area (Å²) in [4.78, 5) is 12.4. The minimum atomic E-state index is 0.179. The van der Waals surface area contributed by atoms with E-state index in [1.807, 2.05) is 6.07 Å². The Morgan fingerprint density at radius 1 is 1.33 bits per heavy atom. The van der Waals surface area contributed by atoms with Crippen molar-refractivity contribution < 1.29 is 14.3 Å². The van der Waals surface area contributed by atoms with Crippen LogP contribution in [0.3, 0.4) is 0 Å². The minimum Gasteiger partial charge on any atom is -0.486 e. The Balaban J connectivity index is 2.19. The number of rotatable bonds is 0. The van der Waals surface area contributed by atoms with Crippen molar-refractivity contribution in [2.45, 2.75) is 26.2 Å². The second-order valence-corrected chi connectivity index (χ2v) is 5.86. The van der Waals surface area contributed by atoms with Gasteiger partial charge in [0.05, 0.1) is 5.56 Å². The summed E-state index contributed by atoms with van der Waals surface area (Å²) in [5.74, 6) is 1.95. The van der Waals surface area contributed by atoms with Gasteiger partial charge in [0.15, 0.2) is 17.3 Å². The summed E-state index contributed by atoms with van der Waals surface area (Å²) in [6.45, 7) is 3.19. The highest BCUT2D eigenvalue weighted by atomic mass is 79.9. The summed E-state index contributed by atoms with van der Waals surface area (Å²) >= 11 is 3.56. The lowest BCUT2D eigenvalue weighted by atomic mass is 9.99. The number of carbonyl (C=O) groups is 1. The average molecular weight is 311 g/mol. The van der Waals surface area contributed by atoms with E-state index in [0.717, 1.165) is 28.4 Å². The van der Waals surface area contributed by atoms with Crippen LogP contribution in [0.25, 0.3) is 0 Å². The van der Waals surface area contributed by atoms with Crippen LogP contribution in [0.4, 0.5) is 0 Å². The van der Waals surface area contributed by atoms with Crippen molar-refractivity contribution >= 4 is 21.7 Å². The standard InChI is InChI=1S/C14H15BrO3/c1-8-2-3-9-10(15)7-12-14(18-5-4-17-12)13(9)11(16)6-8/h7-8H,2-6H2,1H3. The summed E-state index contributed by atoms with van der Waals surface area (Å²) in [7, 11) is 0. The third kappa shape index (κ3) is 1.92. The van der Waals surface area contributed by atoms with Gasteiger partial charge in [0.25, 0.3) is 0 Å². The summed E-state index contributed by atoms with van der Waals surface area (Å²) in [5, 5.41) is 0. The zero-order valence-electron chi connectivity index (χ0n) is 10.3. The van der Waals surface area contributed by atoms with Crippen LogP contribution in [0.5, 0.6) is 11.5 Å². The second-order valence-electron chi connectivity index (χ2n) is 5.01. The summed E-state index contributed by atoms with van der Waals surface area (Å²) < 4.78 is 12.2. The monoisotopic (exact) mass is 310 g/mol. The zero-order valence-corrected chi connectivity index (χ0v) is 11.9. The Kier molecular flexibility index (Phi) is 3.06. The van der Waals surface area contributed by atoms with Gasteiger partial charge in [-0.2, -0.15) is 0 Å². The predicted octanol–water partition coefficient (Wildman–Crippen LogP) is 3.38. The van der Waals surface area contributed by atoms with Crippen molar-refractivity contribution in [3.05, 3.63) is 21.7 Å². The molecule has 1 aromatic carbocycles. The molecule has 0 bridgehead atoms. The SMILES string of the molecule is CC1CCc2c(Br)cc3c(c2C(=O)C1)OCCO3. The Hall–Kier alpha value is -1.03. The number of ketones is 1. The predicted molar refractivity (Wildman–Crippen MR) is 71.6 cm³/mol. The topological polar surface area (TPSA) is 35.5 Å². The van der Waals surface area contributed by atoms with Crippen molar-refractivity contribution in [1.82, 2.24) is 0 Å². The molecule has 0 aromatic heterocycles. The average Bonchev–Trinajstić information content (AvgIpc) is 2.49. The lowest BCUT2D eigenvalue weighted by molar-refractivity contribution is 0.0956. The highest BCUT2D eigenvalue weighted by Crippen LogP contribution is 2.43. The van der Waals surface area contributed by atoms with E-state index in [1.54, 1.807) is 0 Å². The van der Waals surface area contributed by atoms with Crippen LogP contribution in [-0.4, -0.2) is 19.0 Å². The number of benzene rings is 1. The molecule has 0 spiro atoms. The Morgan fingerprint density at radius 2 is 2.11 bits per heavy atom. The van der Waals surface area contributed by atoms with Gasteiger partial charge in [0.1, 0.15) is 13.2 Å². The van der Waals surface area contributed by atoms with Crippen LogP contribution in [0, 0.1) is 5.92 Å². The van der Waals surface area contributed by atoms with Crippen molar-refractivity contribution in [3.8, 4) is 11.5 Å². The van der Waals surface area contributed by atoms with E-state index in [-0.39, 0.29) is 5.78 Å². The van der Waals surface area contributed by atoms with E-state index in [9.17, 15) is 4.79 Å². The summed E-state index contributed by atoms with van der Waals surface area (Å²) in [5.41, 5.74) is 1.82. The summed E-state index contributed by atoms with van der Waals surface area (Å²) in [6, 6.07) is 1.93. The van der Waals surface area contributed by atoms with Crippen molar-refractivity contribution in [3.63, 3.8) is 0 Å². The van der Waals surface area contributed by atoms with Gasteiger partial charge in [-0.3, -0.25) is 4.79 Å². The number of hydrogen-bond acceptors (Lipinski definition) is 3. The molecule has 0 saturated carbocycles. The highest BCUT2D eigenvalue weighted by Gasteiger charge is 2.29. The normalized spacial score (nSPS) is 22.3. The fourth-order valence-corrected chi connectivity index (χ4v) is 3.25. The van der Waals surface area contributed by atoms with E-state index < -0.39 is 0 Å². The molecule has 3 nitrogen and oxygen atoms in total. The quantitative estimate of drug-likeness (QED) is 0.689. The van der Waals surface area contributed by atoms with E-state index in [0.29, 0.717) is 37.1 Å². The van der Waals surface area contributed by atoms with Crippen LogP contribution < -0.4 is 9.47 Å². The molecule has 0 saturated heterocycles. The second kappa shape index (κ2) is 4.57. The molecule has 2 aliphatic rings. The molecule has 1 aromatic rings. The first-order valence-corrected chi connectivity index (χ1v) is 7.10. The van der Waals surface area contributed by atoms with Crippen LogP contribution in [0.2, 0.25) is 0 Å². The molecular formula is C14H15BrO3. The Bertz CT molecular complexity index is 510. The zero-order chi connectivity index (χ0) is 12.7. The van der Waals surface area contributed by atoms with Crippen molar-refractivity contribution in [1.29, 1.82) is 0 Å². The summed E-state index contributed by atoms with van der Waals surface area (Å²) in [6.07, 6.45) is 2.55. The molecule has 1 aliphatic heterocycles. The Labute approximate surface area is 115 Å². The largest absolute Gasteiger partial charge is 0.486 e. The molecule has 0 N–H and O–H groups in total. The van der Waals surface area contributed by atoms with Gasteiger partial charge in [-0.15, -0.1) is 0 Å². The molecule has 0 amide bonds. The first-order chi connectivity index (χ1) is 8.66. The smallest absolute Gasteiger partial charge is 0.172 e. The fraction of sp³-hybridized carbons (Fsp3) is 0.500. The number of fused-ring (bicyclic) bond motifs is 3. The van der Waals surface area contributed by atoms with Gasteiger partial charge in [-0.1, -0.05) is 22.9 Å². The van der Waals surface area contributed by atoms with E-state index in [4.69, 9.17) is 9.47 Å². The van der Waals surface area contributed by atoms with Gasteiger partial charge in [-0.05, 0) is 30.4 Å². The van der Waals surface area contributed by atoms with Crippen LogP contribution >= 0.6 is 15.9 Å². The highest BCUT2D eigenvalue weighted by molar-refractivity contribution is 9.10. The maximum atomic E-state index is 12.4. The number of hydrogen-bond donors (Lipinski definition) is 0. The molecule has 3 rings (SSSR count). The molecule has 1 unspecified atom stereocenters. The van der Waals surface area contributed by atoms with E-state index in [2.05, 4.69) is 22.9 Å². The molecule has 1 aliphatic carbocycles. The molecule has 4 heteroatoms. The van der Waals surface area contributed by atoms with Crippen molar-refractivity contribution in [2.75, 3.05) is 13.2 Å². The number of carbonyl (C=O) groups excluding carboxylic acids is 1. The molecule has 1 atom stereocenters. The van der Waals surface area contributed by atoms with Crippen molar-refractivity contribution in [2.24, 2.45) is 5.92 Å². The molecule has 18 heavy (non-hydrogen) atoms. The maximum absolute atomic E-state index is 12.4. The molecule has 96 valence electrons. The lowest BCUT2D eigenvalue weighted by Crippen LogP contribution is -2.19. The third-order valence-electron chi connectivity index (χ3n) is 3.59. The first-order valence-electron chi connectivity index (χ1n) is 6.31. The number of ether oxygens (including phenoxy) is 2. The fourth-order valence-electron chi connectivity index (χ4n) is 2.64. The van der Waals surface area contributed by atoms with Crippen LogP contribution in [0.1, 0.15) is 35.7 Å². The van der Waals surface area contributed by atoms with E-state index >= 15 is 0 Å². The van der Waals surface area contributed by atoms with Gasteiger partial charge in [0, 0.05) is 10.9 Å². The number of Topliss-reactive ketones (excluding diaryl/α,β-unsaturated/α-hetero) is 1. The van der Waals surface area contributed by atoms with Gasteiger partial charge >= 0.3 is 0 Å². The molecule has 0 radical (unpaired) electrons. The third-order valence-corrected chi connectivity index (χ3v) is 4.29. The van der Waals surface area contributed by atoms with Gasteiger partial charge in [0.2, 0.25) is 0 Å². The lowest BCUT2D eigenvalue weighted by Gasteiger charge is -2.22. The minimum absolute atomic E-state index is 0.179. The van der Waals surface area contributed by atoms with E-state index in [1.165, 1.54) is 0 Å².